The van der Waals surface area contributed by atoms with Crippen LogP contribution in [0.25, 0.3) is 11.4 Å². The molecule has 1 aromatic carbocycles. The monoisotopic (exact) mass is 378 g/mol. The number of carbonyl (C=O) groups excluding carboxylic acids is 1. The van der Waals surface area contributed by atoms with Crippen molar-refractivity contribution in [2.75, 3.05) is 0 Å². The van der Waals surface area contributed by atoms with Gasteiger partial charge in [-0.1, -0.05) is 29.4 Å². The van der Waals surface area contributed by atoms with Gasteiger partial charge >= 0.3 is 0 Å². The van der Waals surface area contributed by atoms with Crippen molar-refractivity contribution < 1.29 is 4.79 Å². The van der Waals surface area contributed by atoms with E-state index in [1.54, 1.807) is 23.5 Å². The molecule has 0 radical (unpaired) electrons. The molecule has 1 unspecified atom stereocenters. The zero-order valence-electron chi connectivity index (χ0n) is 12.8. The third-order valence-corrected chi connectivity index (χ3v) is 5.34. The van der Waals surface area contributed by atoms with E-state index in [1.807, 2.05) is 36.6 Å². The van der Waals surface area contributed by atoms with E-state index in [0.29, 0.717) is 22.5 Å². The Morgan fingerprint density at radius 2 is 2.17 bits per heavy atom. The lowest BCUT2D eigenvalue weighted by Gasteiger charge is -2.09. The second kappa shape index (κ2) is 7.83. The van der Waals surface area contributed by atoms with Crippen molar-refractivity contribution in [1.29, 1.82) is 0 Å². The highest BCUT2D eigenvalue weighted by Gasteiger charge is 2.17. The maximum Gasteiger partial charge on any atom is 0.233 e. The summed E-state index contributed by atoms with van der Waals surface area (Å²) >= 11 is 8.82. The summed E-state index contributed by atoms with van der Waals surface area (Å²) in [5.74, 6) is 0.617. The van der Waals surface area contributed by atoms with Gasteiger partial charge in [0.1, 0.15) is 0 Å². The van der Waals surface area contributed by atoms with Gasteiger partial charge in [-0.15, -0.1) is 16.4 Å². The Hall–Kier alpha value is -1.83. The van der Waals surface area contributed by atoms with Crippen molar-refractivity contribution >= 4 is 40.6 Å². The lowest BCUT2D eigenvalue weighted by atomic mass is 10.2. The summed E-state index contributed by atoms with van der Waals surface area (Å²) in [5, 5.41) is 12.9. The Balaban J connectivity index is 1.57. The molecule has 8 heteroatoms. The van der Waals surface area contributed by atoms with Crippen molar-refractivity contribution in [2.45, 2.75) is 23.9 Å². The van der Waals surface area contributed by atoms with Crippen molar-refractivity contribution in [1.82, 2.24) is 20.5 Å². The smallest absolute Gasteiger partial charge is 0.233 e. The third-order valence-electron chi connectivity index (χ3n) is 3.25. The predicted molar refractivity (Wildman–Crippen MR) is 98.3 cm³/mol. The molecule has 0 spiro atoms. The fourth-order valence-corrected chi connectivity index (χ4v) is 3.50. The predicted octanol–water partition coefficient (Wildman–Crippen LogP) is 3.98. The number of nitrogens with zero attached hydrogens (tertiary/aromatic N) is 2. The number of thiophene rings is 1. The summed E-state index contributed by atoms with van der Waals surface area (Å²) in [6, 6.07) is 11.3. The van der Waals surface area contributed by atoms with Gasteiger partial charge in [0.15, 0.2) is 5.82 Å². The van der Waals surface area contributed by atoms with Crippen molar-refractivity contribution in [3.63, 3.8) is 0 Å². The number of aromatic nitrogens is 3. The molecule has 0 aliphatic rings. The van der Waals surface area contributed by atoms with Gasteiger partial charge in [0.25, 0.3) is 0 Å². The molecule has 24 heavy (non-hydrogen) atoms. The van der Waals surface area contributed by atoms with Crippen LogP contribution in [0.2, 0.25) is 5.02 Å². The molecule has 3 aromatic rings. The van der Waals surface area contributed by atoms with Gasteiger partial charge in [-0.05, 0) is 42.6 Å². The van der Waals surface area contributed by atoms with Crippen LogP contribution in [0.3, 0.4) is 0 Å². The number of amides is 1. The number of rotatable bonds is 6. The molecule has 5 nitrogen and oxygen atoms in total. The van der Waals surface area contributed by atoms with Gasteiger partial charge in [-0.3, -0.25) is 9.89 Å². The van der Waals surface area contributed by atoms with Gasteiger partial charge < -0.3 is 5.32 Å². The first kappa shape index (κ1) is 17.0. The lowest BCUT2D eigenvalue weighted by molar-refractivity contribution is -0.120. The van der Waals surface area contributed by atoms with Crippen LogP contribution >= 0.6 is 34.7 Å². The normalized spacial score (nSPS) is 12.1. The summed E-state index contributed by atoms with van der Waals surface area (Å²) in [7, 11) is 0. The van der Waals surface area contributed by atoms with Gasteiger partial charge in [0.05, 0.1) is 11.8 Å². The topological polar surface area (TPSA) is 70.7 Å². The Kier molecular flexibility index (Phi) is 5.55. The van der Waals surface area contributed by atoms with Gasteiger partial charge in [-0.2, -0.15) is 0 Å². The van der Waals surface area contributed by atoms with Crippen LogP contribution in [-0.4, -0.2) is 26.3 Å². The Labute approximate surface area is 152 Å². The van der Waals surface area contributed by atoms with Crippen LogP contribution < -0.4 is 5.32 Å². The zero-order chi connectivity index (χ0) is 16.9. The maximum atomic E-state index is 12.1. The molecule has 3 rings (SSSR count). The second-order valence-corrected chi connectivity index (χ2v) is 7.81. The fraction of sp³-hybridized carbons (Fsp3) is 0.188. The van der Waals surface area contributed by atoms with E-state index in [1.165, 1.54) is 11.8 Å². The Morgan fingerprint density at radius 3 is 2.88 bits per heavy atom. The minimum absolute atomic E-state index is 0.0359. The lowest BCUT2D eigenvalue weighted by Crippen LogP contribution is -2.30. The largest absolute Gasteiger partial charge is 0.350 e. The highest BCUT2D eigenvalue weighted by atomic mass is 35.5. The average Bonchev–Trinajstić information content (AvgIpc) is 3.25. The SMILES string of the molecule is CC(Sc1n[nH]c(-c2ccc(Cl)cc2)n1)C(=O)NCc1cccs1. The molecule has 1 atom stereocenters. The van der Waals surface area contributed by atoms with Crippen LogP contribution in [-0.2, 0) is 11.3 Å². The highest BCUT2D eigenvalue weighted by molar-refractivity contribution is 8.00. The molecular weight excluding hydrogens is 364 g/mol. The van der Waals surface area contributed by atoms with Gasteiger partial charge in [0, 0.05) is 15.5 Å². The standard InChI is InChI=1S/C16H15ClN4OS2/c1-10(15(22)18-9-13-3-2-8-23-13)24-16-19-14(20-21-16)11-4-6-12(17)7-5-11/h2-8,10H,9H2,1H3,(H,18,22)(H,19,20,21). The average molecular weight is 379 g/mol. The van der Waals surface area contributed by atoms with Crippen molar-refractivity contribution in [3.05, 3.63) is 51.7 Å². The molecule has 0 aliphatic carbocycles. The summed E-state index contributed by atoms with van der Waals surface area (Å²) in [6.45, 7) is 2.39. The molecule has 0 bridgehead atoms. The molecule has 124 valence electrons. The molecule has 1 amide bonds. The molecule has 0 saturated heterocycles. The maximum absolute atomic E-state index is 12.1. The number of thioether (sulfide) groups is 1. The van der Waals surface area contributed by atoms with Gasteiger partial charge in [0.2, 0.25) is 11.1 Å². The van der Waals surface area contributed by atoms with E-state index < -0.39 is 0 Å². The molecule has 2 aromatic heterocycles. The number of H-pyrrole nitrogens is 1. The molecule has 2 N–H and O–H groups in total. The number of nitrogens with one attached hydrogen (secondary N) is 2. The number of hydrogen-bond donors (Lipinski definition) is 2. The van der Waals surface area contributed by atoms with Crippen LogP contribution in [0.15, 0.2) is 46.9 Å². The summed E-state index contributed by atoms with van der Waals surface area (Å²) < 4.78 is 0. The van der Waals surface area contributed by atoms with E-state index in [2.05, 4.69) is 20.5 Å². The van der Waals surface area contributed by atoms with Crippen molar-refractivity contribution in [3.8, 4) is 11.4 Å². The first-order chi connectivity index (χ1) is 11.6. The minimum atomic E-state index is -0.279. The minimum Gasteiger partial charge on any atom is -0.350 e. The zero-order valence-corrected chi connectivity index (χ0v) is 15.2. The second-order valence-electron chi connectivity index (χ2n) is 5.03. The quantitative estimate of drug-likeness (QED) is 0.636. The Bertz CT molecular complexity index is 802. The molecule has 0 aliphatic heterocycles. The summed E-state index contributed by atoms with van der Waals surface area (Å²) in [6.07, 6.45) is 0. The van der Waals surface area contributed by atoms with E-state index in [-0.39, 0.29) is 11.2 Å². The van der Waals surface area contributed by atoms with E-state index >= 15 is 0 Å². The van der Waals surface area contributed by atoms with Crippen LogP contribution in [0.4, 0.5) is 0 Å². The highest BCUT2D eigenvalue weighted by Crippen LogP contribution is 2.23. The number of benzene rings is 1. The third kappa shape index (κ3) is 4.37. The molecule has 0 saturated carbocycles. The first-order valence-corrected chi connectivity index (χ1v) is 9.40. The van der Waals surface area contributed by atoms with E-state index in [9.17, 15) is 4.79 Å². The number of hydrogen-bond acceptors (Lipinski definition) is 5. The van der Waals surface area contributed by atoms with Crippen molar-refractivity contribution in [2.24, 2.45) is 0 Å². The fourth-order valence-electron chi connectivity index (χ4n) is 1.98. The molecule has 2 heterocycles. The van der Waals surface area contributed by atoms with Gasteiger partial charge in [-0.25, -0.2) is 4.98 Å². The number of carbonyl (C=O) groups is 1. The number of aromatic amines is 1. The summed E-state index contributed by atoms with van der Waals surface area (Å²) in [4.78, 5) is 17.7. The van der Waals surface area contributed by atoms with Crippen LogP contribution in [0.5, 0.6) is 0 Å². The summed E-state index contributed by atoms with van der Waals surface area (Å²) in [5.41, 5.74) is 0.897. The molecular formula is C16H15ClN4OS2. The Morgan fingerprint density at radius 1 is 1.38 bits per heavy atom. The first-order valence-electron chi connectivity index (χ1n) is 7.27. The van der Waals surface area contributed by atoms with Crippen LogP contribution in [0.1, 0.15) is 11.8 Å². The number of halogens is 1. The van der Waals surface area contributed by atoms with E-state index in [4.69, 9.17) is 11.6 Å². The van der Waals surface area contributed by atoms with E-state index in [0.717, 1.165) is 10.4 Å². The van der Waals surface area contributed by atoms with Crippen LogP contribution in [0, 0.1) is 0 Å². The molecule has 0 fully saturated rings.